The highest BCUT2D eigenvalue weighted by molar-refractivity contribution is 7.18. The monoisotopic (exact) mass is 450 g/mol. The Morgan fingerprint density at radius 3 is 2.44 bits per heavy atom. The van der Waals surface area contributed by atoms with E-state index in [-0.39, 0.29) is 22.2 Å². The van der Waals surface area contributed by atoms with Crippen molar-refractivity contribution < 1.29 is 23.9 Å². The fourth-order valence-corrected chi connectivity index (χ4v) is 4.84. The number of aryl methyl sites for hydroxylation is 4. The third-order valence-corrected chi connectivity index (χ3v) is 6.69. The minimum absolute atomic E-state index is 0.0738. The van der Waals surface area contributed by atoms with Gasteiger partial charge in [0.15, 0.2) is 10.9 Å². The van der Waals surface area contributed by atoms with Crippen molar-refractivity contribution in [2.45, 2.75) is 40.7 Å². The normalized spacial score (nSPS) is 17.9. The van der Waals surface area contributed by atoms with Crippen molar-refractivity contribution >= 4 is 39.7 Å². The van der Waals surface area contributed by atoms with Crippen LogP contribution in [0, 0.1) is 27.7 Å². The standard InChI is InChI=1S/C24H22N2O5S/c1-11-6-7-12(2)16(10-11)20(28)18-19(17-9-8-13(3)31-17)26(23(30)21(18)29)24-25-14(4)22(32-24)15(5)27/h6-10,19,28H,1-5H3/b20-18+. The van der Waals surface area contributed by atoms with Gasteiger partial charge in [0, 0.05) is 12.5 Å². The molecule has 1 atom stereocenters. The topological polar surface area (TPSA) is 101 Å². The van der Waals surface area contributed by atoms with Gasteiger partial charge in [-0.1, -0.05) is 29.0 Å². The van der Waals surface area contributed by atoms with Gasteiger partial charge in [-0.15, -0.1) is 0 Å². The molecule has 1 unspecified atom stereocenters. The van der Waals surface area contributed by atoms with Crippen LogP contribution in [0.4, 0.5) is 5.13 Å². The van der Waals surface area contributed by atoms with E-state index in [1.165, 1.54) is 11.8 Å². The van der Waals surface area contributed by atoms with Crippen molar-refractivity contribution in [3.63, 3.8) is 0 Å². The maximum absolute atomic E-state index is 13.2. The summed E-state index contributed by atoms with van der Waals surface area (Å²) in [4.78, 5) is 44.3. The van der Waals surface area contributed by atoms with Crippen LogP contribution in [-0.4, -0.2) is 27.6 Å². The molecule has 0 bridgehead atoms. The van der Waals surface area contributed by atoms with Crippen LogP contribution in [0.1, 0.15) is 56.5 Å². The molecular weight excluding hydrogens is 428 g/mol. The molecule has 1 saturated heterocycles. The van der Waals surface area contributed by atoms with Crippen LogP contribution in [0.3, 0.4) is 0 Å². The van der Waals surface area contributed by atoms with Crippen LogP contribution in [0.5, 0.6) is 0 Å². The van der Waals surface area contributed by atoms with Gasteiger partial charge in [0.1, 0.15) is 23.3 Å². The Hall–Kier alpha value is -3.52. The highest BCUT2D eigenvalue weighted by Crippen LogP contribution is 2.44. The second-order valence-electron chi connectivity index (χ2n) is 7.90. The number of carbonyl (C=O) groups excluding carboxylic acids is 3. The summed E-state index contributed by atoms with van der Waals surface area (Å²) >= 11 is 1.04. The summed E-state index contributed by atoms with van der Waals surface area (Å²) < 4.78 is 5.79. The smallest absolute Gasteiger partial charge is 0.302 e. The average Bonchev–Trinajstić information content (AvgIpc) is 3.40. The Bertz CT molecular complexity index is 1310. The van der Waals surface area contributed by atoms with Gasteiger partial charge >= 0.3 is 5.91 Å². The number of thiazole rings is 1. The van der Waals surface area contributed by atoms with E-state index in [1.54, 1.807) is 32.0 Å². The van der Waals surface area contributed by atoms with Gasteiger partial charge in [0.25, 0.3) is 5.78 Å². The number of benzene rings is 1. The summed E-state index contributed by atoms with van der Waals surface area (Å²) in [6, 6.07) is 7.90. The van der Waals surface area contributed by atoms with Crippen molar-refractivity contribution in [3.8, 4) is 0 Å². The Morgan fingerprint density at radius 1 is 1.12 bits per heavy atom. The molecule has 1 aliphatic heterocycles. The number of anilines is 1. The number of hydrogen-bond donors (Lipinski definition) is 1. The lowest BCUT2D eigenvalue weighted by Gasteiger charge is -2.21. The molecule has 4 rings (SSSR count). The Morgan fingerprint density at radius 2 is 1.84 bits per heavy atom. The highest BCUT2D eigenvalue weighted by Gasteiger charge is 2.49. The van der Waals surface area contributed by atoms with E-state index in [9.17, 15) is 19.5 Å². The largest absolute Gasteiger partial charge is 0.507 e. The van der Waals surface area contributed by atoms with Crippen molar-refractivity contribution in [2.24, 2.45) is 0 Å². The summed E-state index contributed by atoms with van der Waals surface area (Å²) in [6.07, 6.45) is 0. The fraction of sp³-hybridized carbons (Fsp3) is 0.250. The Labute approximate surface area is 189 Å². The van der Waals surface area contributed by atoms with E-state index >= 15 is 0 Å². The number of aliphatic hydroxyl groups is 1. The molecule has 1 fully saturated rings. The van der Waals surface area contributed by atoms with E-state index in [0.29, 0.717) is 27.7 Å². The number of nitrogens with zero attached hydrogens (tertiary/aromatic N) is 2. The predicted octanol–water partition coefficient (Wildman–Crippen LogP) is 4.80. The second kappa shape index (κ2) is 7.87. The van der Waals surface area contributed by atoms with Gasteiger partial charge in [-0.3, -0.25) is 19.3 Å². The molecule has 2 aromatic heterocycles. The first kappa shape index (κ1) is 21.7. The van der Waals surface area contributed by atoms with E-state index in [2.05, 4.69) is 4.98 Å². The summed E-state index contributed by atoms with van der Waals surface area (Å²) in [7, 11) is 0. The van der Waals surface area contributed by atoms with Crippen molar-refractivity contribution in [3.05, 3.63) is 74.7 Å². The summed E-state index contributed by atoms with van der Waals surface area (Å²) in [5.74, 6) is -1.20. The number of Topliss-reactive ketones (excluding diaryl/α,β-unsaturated/α-hetero) is 2. The highest BCUT2D eigenvalue weighted by atomic mass is 32.1. The third kappa shape index (κ3) is 3.46. The molecule has 0 spiro atoms. The van der Waals surface area contributed by atoms with E-state index in [1.807, 2.05) is 26.0 Å². The maximum Gasteiger partial charge on any atom is 0.302 e. The molecule has 3 heterocycles. The SMILES string of the molecule is CC(=O)c1sc(N2C(=O)C(=O)/C(=C(/O)c3cc(C)ccc3C)C2c2ccc(C)o2)nc1C. The van der Waals surface area contributed by atoms with Crippen molar-refractivity contribution in [1.82, 2.24) is 4.98 Å². The molecule has 32 heavy (non-hydrogen) atoms. The van der Waals surface area contributed by atoms with Gasteiger partial charge in [-0.25, -0.2) is 4.98 Å². The van der Waals surface area contributed by atoms with Crippen molar-refractivity contribution in [2.75, 3.05) is 4.90 Å². The number of carbonyl (C=O) groups is 3. The fourth-order valence-electron chi connectivity index (χ4n) is 3.85. The number of furan rings is 1. The molecule has 7 nitrogen and oxygen atoms in total. The molecule has 164 valence electrons. The lowest BCUT2D eigenvalue weighted by atomic mass is 9.96. The van der Waals surface area contributed by atoms with Crippen LogP contribution in [0.15, 0.2) is 40.3 Å². The average molecular weight is 451 g/mol. The summed E-state index contributed by atoms with van der Waals surface area (Å²) in [5.41, 5.74) is 2.53. The van der Waals surface area contributed by atoms with Crippen LogP contribution < -0.4 is 4.90 Å². The number of rotatable bonds is 4. The molecule has 3 aromatic rings. The second-order valence-corrected chi connectivity index (χ2v) is 8.88. The molecule has 1 N–H and O–H groups in total. The molecule has 0 saturated carbocycles. The number of aliphatic hydroxyl groups excluding tert-OH is 1. The minimum Gasteiger partial charge on any atom is -0.507 e. The first-order valence-electron chi connectivity index (χ1n) is 10.0. The van der Waals surface area contributed by atoms with Gasteiger partial charge < -0.3 is 9.52 Å². The van der Waals surface area contributed by atoms with E-state index in [4.69, 9.17) is 4.42 Å². The van der Waals surface area contributed by atoms with Crippen molar-refractivity contribution in [1.29, 1.82) is 0 Å². The Kier molecular flexibility index (Phi) is 5.34. The first-order chi connectivity index (χ1) is 15.1. The zero-order valence-corrected chi connectivity index (χ0v) is 19.2. The molecule has 8 heteroatoms. The third-order valence-electron chi connectivity index (χ3n) is 5.43. The number of amides is 1. The zero-order valence-electron chi connectivity index (χ0n) is 18.3. The molecule has 0 radical (unpaired) electrons. The first-order valence-corrected chi connectivity index (χ1v) is 10.8. The summed E-state index contributed by atoms with van der Waals surface area (Å²) in [6.45, 7) is 8.55. The van der Waals surface area contributed by atoms with Gasteiger partial charge in [-0.05, 0) is 51.5 Å². The minimum atomic E-state index is -1.01. The van der Waals surface area contributed by atoms with E-state index < -0.39 is 17.7 Å². The van der Waals surface area contributed by atoms with Gasteiger partial charge in [0.05, 0.1) is 16.1 Å². The van der Waals surface area contributed by atoms with Crippen LogP contribution in [0.25, 0.3) is 5.76 Å². The molecule has 1 aliphatic rings. The van der Waals surface area contributed by atoms with E-state index in [0.717, 1.165) is 22.5 Å². The number of ketones is 2. The van der Waals surface area contributed by atoms with Crippen LogP contribution >= 0.6 is 11.3 Å². The maximum atomic E-state index is 13.2. The quantitative estimate of drug-likeness (QED) is 0.265. The summed E-state index contributed by atoms with van der Waals surface area (Å²) in [5, 5.41) is 11.4. The predicted molar refractivity (Wildman–Crippen MR) is 121 cm³/mol. The molecule has 1 amide bonds. The molecule has 1 aromatic carbocycles. The Balaban J connectivity index is 1.97. The molecular formula is C24H22N2O5S. The zero-order chi connectivity index (χ0) is 23.3. The van der Waals surface area contributed by atoms with Crippen LogP contribution in [0.2, 0.25) is 0 Å². The molecule has 0 aliphatic carbocycles. The number of hydrogen-bond acceptors (Lipinski definition) is 7. The number of aromatic nitrogens is 1. The lowest BCUT2D eigenvalue weighted by molar-refractivity contribution is -0.132. The van der Waals surface area contributed by atoms with Crippen LogP contribution in [-0.2, 0) is 9.59 Å². The van der Waals surface area contributed by atoms with Gasteiger partial charge in [0.2, 0.25) is 0 Å². The lowest BCUT2D eigenvalue weighted by Crippen LogP contribution is -2.29. The van der Waals surface area contributed by atoms with Gasteiger partial charge in [-0.2, -0.15) is 0 Å².